The first kappa shape index (κ1) is 37.8. The number of benzene rings is 10. The van der Waals surface area contributed by atoms with Crippen LogP contribution in [0.2, 0.25) is 0 Å². The lowest BCUT2D eigenvalue weighted by Crippen LogP contribution is -2.12. The molecule has 0 atom stereocenters. The second-order valence-electron chi connectivity index (χ2n) is 15.8. The largest absolute Gasteiger partial charge is 0.310 e. The molecule has 0 aliphatic carbocycles. The van der Waals surface area contributed by atoms with Crippen molar-refractivity contribution in [3.05, 3.63) is 236 Å². The fourth-order valence-corrected chi connectivity index (χ4v) is 9.22. The van der Waals surface area contributed by atoms with Crippen molar-refractivity contribution < 1.29 is 0 Å². The fraction of sp³-hybridized carbons (Fsp3) is 0.0667. The molecule has 0 aliphatic rings. The van der Waals surface area contributed by atoms with Crippen molar-refractivity contribution in [1.29, 1.82) is 0 Å². The van der Waals surface area contributed by atoms with Crippen LogP contribution in [0.3, 0.4) is 0 Å². The number of rotatable bonds is 10. The van der Waals surface area contributed by atoms with E-state index < -0.39 is 0 Å². The topological polar surface area (TPSA) is 3.24 Å². The van der Waals surface area contributed by atoms with Crippen LogP contribution in [0, 0.1) is 0 Å². The molecule has 0 heterocycles. The minimum Gasteiger partial charge on any atom is -0.310 e. The molecular weight excluding hydrogens is 735 g/mol. The van der Waals surface area contributed by atoms with Crippen molar-refractivity contribution in [1.82, 2.24) is 0 Å². The van der Waals surface area contributed by atoms with Gasteiger partial charge in [0.25, 0.3) is 0 Å². The van der Waals surface area contributed by atoms with E-state index in [2.05, 4.69) is 243 Å². The average Bonchev–Trinajstić information content (AvgIpc) is 3.34. The number of anilines is 3. The summed E-state index contributed by atoms with van der Waals surface area (Å²) in [6.07, 6.45) is 1.92. The summed E-state index contributed by atoms with van der Waals surface area (Å²) in [5, 5.41) is 5.08. The standard InChI is InChI=1S/C60H47N/c1-3-42-18-11-13-24-52(42)58-41-51(38-32-43(58)4-2)61(50-36-33-44(34-37-50)48-35-39-55-49(40-48)31-30-47-23-12-14-25-53(47)55)59-29-17-28-56(46-21-9-6-10-22-46)60(59)57-27-16-15-26-54(57)45-19-7-5-8-20-45/h5-41H,3-4H2,1-2H3. The predicted molar refractivity (Wildman–Crippen MR) is 262 cm³/mol. The van der Waals surface area contributed by atoms with E-state index in [1.165, 1.54) is 88.3 Å². The molecule has 1 heteroatoms. The number of hydrogen-bond acceptors (Lipinski definition) is 1. The second kappa shape index (κ2) is 16.6. The number of aryl methyl sites for hydroxylation is 2. The summed E-state index contributed by atoms with van der Waals surface area (Å²) in [6.45, 7) is 4.52. The smallest absolute Gasteiger partial charge is 0.0546 e. The van der Waals surface area contributed by atoms with Crippen LogP contribution >= 0.6 is 0 Å². The van der Waals surface area contributed by atoms with E-state index in [1.54, 1.807) is 0 Å². The third kappa shape index (κ3) is 7.19. The van der Waals surface area contributed by atoms with E-state index in [-0.39, 0.29) is 0 Å². The summed E-state index contributed by atoms with van der Waals surface area (Å²) in [5.74, 6) is 0. The third-order valence-electron chi connectivity index (χ3n) is 12.3. The lowest BCUT2D eigenvalue weighted by molar-refractivity contribution is 1.12. The van der Waals surface area contributed by atoms with Crippen LogP contribution in [0.1, 0.15) is 25.0 Å². The van der Waals surface area contributed by atoms with Gasteiger partial charge in [-0.2, -0.15) is 0 Å². The third-order valence-corrected chi connectivity index (χ3v) is 12.3. The minimum absolute atomic E-state index is 0.948. The SMILES string of the molecule is CCc1ccccc1-c1cc(N(c2ccc(-c3ccc4c(ccc5ccccc54)c3)cc2)c2cccc(-c3ccccc3)c2-c2ccccc2-c2ccccc2)ccc1CC. The van der Waals surface area contributed by atoms with Gasteiger partial charge < -0.3 is 4.90 Å². The summed E-state index contributed by atoms with van der Waals surface area (Å²) in [4.78, 5) is 2.48. The zero-order valence-corrected chi connectivity index (χ0v) is 34.7. The first-order chi connectivity index (χ1) is 30.2. The van der Waals surface area contributed by atoms with Crippen molar-refractivity contribution >= 4 is 38.6 Å². The number of hydrogen-bond donors (Lipinski definition) is 0. The minimum atomic E-state index is 0.948. The van der Waals surface area contributed by atoms with E-state index in [9.17, 15) is 0 Å². The van der Waals surface area contributed by atoms with Gasteiger partial charge in [0.2, 0.25) is 0 Å². The van der Waals surface area contributed by atoms with Gasteiger partial charge in [-0.1, -0.05) is 202 Å². The van der Waals surface area contributed by atoms with Crippen molar-refractivity contribution in [2.45, 2.75) is 26.7 Å². The first-order valence-electron chi connectivity index (χ1n) is 21.5. The molecule has 0 radical (unpaired) electrons. The monoisotopic (exact) mass is 781 g/mol. The molecule has 0 amide bonds. The maximum absolute atomic E-state index is 2.48. The molecule has 10 rings (SSSR count). The highest BCUT2D eigenvalue weighted by Crippen LogP contribution is 2.49. The molecule has 10 aromatic carbocycles. The quantitative estimate of drug-likeness (QED) is 0.125. The van der Waals surface area contributed by atoms with E-state index >= 15 is 0 Å². The summed E-state index contributed by atoms with van der Waals surface area (Å²) >= 11 is 0. The van der Waals surface area contributed by atoms with Crippen LogP contribution in [-0.2, 0) is 12.8 Å². The summed E-state index contributed by atoms with van der Waals surface area (Å²) in [5.41, 5.74) is 18.2. The molecule has 0 bridgehead atoms. The molecule has 0 saturated heterocycles. The molecule has 0 saturated carbocycles. The van der Waals surface area contributed by atoms with Gasteiger partial charge >= 0.3 is 0 Å². The first-order valence-corrected chi connectivity index (χ1v) is 21.5. The normalized spacial score (nSPS) is 11.2. The second-order valence-corrected chi connectivity index (χ2v) is 15.8. The molecule has 1 nitrogen and oxygen atoms in total. The summed E-state index contributed by atoms with van der Waals surface area (Å²) < 4.78 is 0. The Bertz CT molecular complexity index is 3140. The molecule has 0 N–H and O–H groups in total. The maximum Gasteiger partial charge on any atom is 0.0546 e. The molecule has 0 fully saturated rings. The Morgan fingerprint density at radius 3 is 1.62 bits per heavy atom. The van der Waals surface area contributed by atoms with Crippen LogP contribution in [0.5, 0.6) is 0 Å². The van der Waals surface area contributed by atoms with Gasteiger partial charge in [-0.15, -0.1) is 0 Å². The van der Waals surface area contributed by atoms with Crippen LogP contribution in [0.15, 0.2) is 224 Å². The van der Waals surface area contributed by atoms with Crippen molar-refractivity contribution in [2.24, 2.45) is 0 Å². The van der Waals surface area contributed by atoms with Crippen LogP contribution < -0.4 is 4.90 Å². The molecule has 292 valence electrons. The van der Waals surface area contributed by atoms with E-state index in [4.69, 9.17) is 0 Å². The fourth-order valence-electron chi connectivity index (χ4n) is 9.22. The van der Waals surface area contributed by atoms with Gasteiger partial charge in [-0.3, -0.25) is 0 Å². The zero-order valence-electron chi connectivity index (χ0n) is 34.7. The summed E-state index contributed by atoms with van der Waals surface area (Å²) in [7, 11) is 0. The van der Waals surface area contributed by atoms with Gasteiger partial charge in [0.05, 0.1) is 5.69 Å². The molecule has 0 aliphatic heterocycles. The van der Waals surface area contributed by atoms with Gasteiger partial charge in [0.15, 0.2) is 0 Å². The summed E-state index contributed by atoms with van der Waals surface area (Å²) in [6, 6.07) is 82.5. The predicted octanol–water partition coefficient (Wildman–Crippen LogP) is 16.9. The van der Waals surface area contributed by atoms with Crippen LogP contribution in [0.25, 0.3) is 77.2 Å². The van der Waals surface area contributed by atoms with E-state index in [0.717, 1.165) is 29.9 Å². The van der Waals surface area contributed by atoms with E-state index in [0.29, 0.717) is 0 Å². The highest BCUT2D eigenvalue weighted by atomic mass is 15.1. The Hall–Kier alpha value is -7.48. The van der Waals surface area contributed by atoms with Crippen molar-refractivity contribution in [2.75, 3.05) is 4.90 Å². The molecule has 0 aromatic heterocycles. The van der Waals surface area contributed by atoms with Crippen molar-refractivity contribution in [3.8, 4) is 55.6 Å². The van der Waals surface area contributed by atoms with Crippen LogP contribution in [0.4, 0.5) is 17.1 Å². The molecule has 0 spiro atoms. The maximum atomic E-state index is 2.48. The number of nitrogens with zero attached hydrogens (tertiary/aromatic N) is 1. The number of fused-ring (bicyclic) bond motifs is 3. The lowest BCUT2D eigenvalue weighted by atomic mass is 9.87. The van der Waals surface area contributed by atoms with Gasteiger partial charge in [-0.05, 0) is 132 Å². The highest BCUT2D eigenvalue weighted by molar-refractivity contribution is 6.08. The van der Waals surface area contributed by atoms with Gasteiger partial charge in [0.1, 0.15) is 0 Å². The molecular formula is C60H47N. The molecule has 0 unspecified atom stereocenters. The van der Waals surface area contributed by atoms with Gasteiger partial charge in [-0.25, -0.2) is 0 Å². The lowest BCUT2D eigenvalue weighted by Gasteiger charge is -2.31. The Kier molecular flexibility index (Phi) is 10.3. The van der Waals surface area contributed by atoms with E-state index in [1.807, 2.05) is 0 Å². The molecule has 61 heavy (non-hydrogen) atoms. The Balaban J connectivity index is 1.20. The Morgan fingerprint density at radius 1 is 0.311 bits per heavy atom. The van der Waals surface area contributed by atoms with Crippen LogP contribution in [-0.4, -0.2) is 0 Å². The average molecular weight is 782 g/mol. The van der Waals surface area contributed by atoms with Crippen molar-refractivity contribution in [3.63, 3.8) is 0 Å². The van der Waals surface area contributed by atoms with Gasteiger partial charge in [0, 0.05) is 16.9 Å². The Labute approximate surface area is 359 Å². The Morgan fingerprint density at radius 2 is 0.869 bits per heavy atom. The highest BCUT2D eigenvalue weighted by Gasteiger charge is 2.24. The zero-order chi connectivity index (χ0) is 41.1. The molecule has 10 aromatic rings.